The maximum Gasteiger partial charge on any atom is 0.311 e. The Labute approximate surface area is 113 Å². The molecule has 0 aliphatic rings. The van der Waals surface area contributed by atoms with E-state index in [2.05, 4.69) is 15.3 Å². The molecule has 7 nitrogen and oxygen atoms in total. The number of nitrogens with one attached hydrogen (secondary N) is 1. The Bertz CT molecular complexity index is 614. The highest BCUT2D eigenvalue weighted by Crippen LogP contribution is 2.27. The topological polar surface area (TPSA) is 94.1 Å². The average Bonchev–Trinajstić information content (AvgIpc) is 2.75. The summed E-state index contributed by atoms with van der Waals surface area (Å²) in [6.07, 6.45) is 1.58. The Balaban J connectivity index is 2.27. The molecule has 100 valence electrons. The van der Waals surface area contributed by atoms with Crippen molar-refractivity contribution < 1.29 is 9.34 Å². The maximum atomic E-state index is 10.9. The summed E-state index contributed by atoms with van der Waals surface area (Å²) in [5.74, 6) is 1.17. The molecule has 0 spiro atoms. The number of halogens is 1. The highest BCUT2D eigenvalue weighted by Gasteiger charge is 2.20. The van der Waals surface area contributed by atoms with Gasteiger partial charge in [0, 0.05) is 6.07 Å². The number of hydrogen-bond donors (Lipinski definition) is 1. The van der Waals surface area contributed by atoms with Crippen LogP contribution < -0.4 is 5.32 Å². The van der Waals surface area contributed by atoms with Gasteiger partial charge < -0.3 is 9.73 Å². The molecule has 0 saturated carbocycles. The lowest BCUT2D eigenvalue weighted by molar-refractivity contribution is -0.384. The Hall–Kier alpha value is -2.15. The van der Waals surface area contributed by atoms with E-state index >= 15 is 0 Å². The molecular weight excluding hydrogens is 272 g/mol. The molecule has 19 heavy (non-hydrogen) atoms. The number of oxazole rings is 1. The van der Waals surface area contributed by atoms with E-state index in [4.69, 9.17) is 16.0 Å². The number of nitrogens with zero attached hydrogens (tertiary/aromatic N) is 3. The Kier molecular flexibility index (Phi) is 3.66. The van der Waals surface area contributed by atoms with Crippen LogP contribution in [0, 0.1) is 17.0 Å². The highest BCUT2D eigenvalue weighted by molar-refractivity contribution is 6.29. The maximum absolute atomic E-state index is 10.9. The van der Waals surface area contributed by atoms with Crippen molar-refractivity contribution in [2.24, 2.45) is 0 Å². The zero-order valence-electron chi connectivity index (χ0n) is 10.3. The third kappa shape index (κ3) is 3.00. The lowest BCUT2D eigenvalue weighted by atomic mass is 10.3. The third-order valence-electron chi connectivity index (χ3n) is 2.40. The van der Waals surface area contributed by atoms with Crippen molar-refractivity contribution in [2.45, 2.75) is 19.9 Å². The molecule has 0 aliphatic carbocycles. The molecule has 0 amide bonds. The standard InChI is InChI=1S/C11H11ClN4O3/c1-6-5-13-11(19-6)7(2)14-10-8(16(17)18)3-4-9(12)15-10/h3-5,7H,1-2H3,(H,14,15). The minimum absolute atomic E-state index is 0.0841. The molecule has 2 heterocycles. The molecule has 0 bridgehead atoms. The Morgan fingerprint density at radius 3 is 2.84 bits per heavy atom. The molecule has 1 atom stereocenters. The van der Waals surface area contributed by atoms with Crippen molar-refractivity contribution in [3.05, 3.63) is 45.2 Å². The van der Waals surface area contributed by atoms with Gasteiger partial charge >= 0.3 is 5.69 Å². The molecule has 2 aromatic rings. The van der Waals surface area contributed by atoms with Crippen molar-refractivity contribution in [2.75, 3.05) is 5.32 Å². The first-order chi connectivity index (χ1) is 8.97. The number of aromatic nitrogens is 2. The SMILES string of the molecule is Cc1cnc(C(C)Nc2nc(Cl)ccc2[N+](=O)[O-])o1. The van der Waals surface area contributed by atoms with Gasteiger partial charge in [0.2, 0.25) is 11.7 Å². The van der Waals surface area contributed by atoms with E-state index in [1.54, 1.807) is 20.0 Å². The quantitative estimate of drug-likeness (QED) is 0.526. The highest BCUT2D eigenvalue weighted by atomic mass is 35.5. The molecule has 0 radical (unpaired) electrons. The van der Waals surface area contributed by atoms with Gasteiger partial charge in [-0.2, -0.15) is 0 Å². The summed E-state index contributed by atoms with van der Waals surface area (Å²) >= 11 is 5.74. The van der Waals surface area contributed by atoms with Gasteiger partial charge in [0.1, 0.15) is 17.0 Å². The summed E-state index contributed by atoms with van der Waals surface area (Å²) in [6, 6.07) is 2.30. The van der Waals surface area contributed by atoms with Crippen LogP contribution in [0.5, 0.6) is 0 Å². The van der Waals surface area contributed by atoms with Gasteiger partial charge in [-0.25, -0.2) is 9.97 Å². The molecule has 8 heteroatoms. The number of anilines is 1. The average molecular weight is 283 g/mol. The van der Waals surface area contributed by atoms with Gasteiger partial charge in [0.25, 0.3) is 0 Å². The van der Waals surface area contributed by atoms with E-state index in [0.29, 0.717) is 11.7 Å². The molecule has 0 fully saturated rings. The molecule has 0 aromatic carbocycles. The van der Waals surface area contributed by atoms with Crippen LogP contribution in [0.2, 0.25) is 5.15 Å². The van der Waals surface area contributed by atoms with Crippen molar-refractivity contribution >= 4 is 23.1 Å². The number of nitro groups is 1. The van der Waals surface area contributed by atoms with Crippen LogP contribution in [0.3, 0.4) is 0 Å². The predicted octanol–water partition coefficient (Wildman–Crippen LogP) is 3.11. The summed E-state index contributed by atoms with van der Waals surface area (Å²) in [5, 5.41) is 13.9. The summed E-state index contributed by atoms with van der Waals surface area (Å²) in [7, 11) is 0. The molecule has 1 N–H and O–H groups in total. The molecular formula is C11H11ClN4O3. The first-order valence-corrected chi connectivity index (χ1v) is 5.85. The molecule has 0 aliphatic heterocycles. The smallest absolute Gasteiger partial charge is 0.311 e. The fourth-order valence-corrected chi connectivity index (χ4v) is 1.67. The van der Waals surface area contributed by atoms with Crippen molar-refractivity contribution in [1.82, 2.24) is 9.97 Å². The van der Waals surface area contributed by atoms with Crippen LogP contribution in [-0.4, -0.2) is 14.9 Å². The zero-order valence-corrected chi connectivity index (χ0v) is 11.0. The minimum atomic E-state index is -0.529. The monoisotopic (exact) mass is 282 g/mol. The second kappa shape index (κ2) is 5.23. The summed E-state index contributed by atoms with van der Waals surface area (Å²) in [5.41, 5.74) is -0.153. The number of rotatable bonds is 4. The zero-order chi connectivity index (χ0) is 14.0. The van der Waals surface area contributed by atoms with Crippen LogP contribution in [0.4, 0.5) is 11.5 Å². The summed E-state index contributed by atoms with van der Waals surface area (Å²) in [4.78, 5) is 18.3. The second-order valence-electron chi connectivity index (χ2n) is 3.93. The lowest BCUT2D eigenvalue weighted by Gasteiger charge is -2.11. The van der Waals surface area contributed by atoms with Gasteiger partial charge in [-0.15, -0.1) is 0 Å². The molecule has 2 aromatic heterocycles. The summed E-state index contributed by atoms with van der Waals surface area (Å²) in [6.45, 7) is 3.53. The Morgan fingerprint density at radius 2 is 2.26 bits per heavy atom. The van der Waals surface area contributed by atoms with E-state index in [9.17, 15) is 10.1 Å². The largest absolute Gasteiger partial charge is 0.444 e. The molecule has 2 rings (SSSR count). The predicted molar refractivity (Wildman–Crippen MR) is 69.2 cm³/mol. The van der Waals surface area contributed by atoms with E-state index in [1.807, 2.05) is 0 Å². The van der Waals surface area contributed by atoms with Crippen LogP contribution in [0.25, 0.3) is 0 Å². The van der Waals surface area contributed by atoms with Crippen LogP contribution in [-0.2, 0) is 0 Å². The van der Waals surface area contributed by atoms with Gasteiger partial charge in [0.15, 0.2) is 0 Å². The van der Waals surface area contributed by atoms with E-state index in [0.717, 1.165) is 0 Å². The first-order valence-electron chi connectivity index (χ1n) is 5.47. The lowest BCUT2D eigenvalue weighted by Crippen LogP contribution is -2.10. The molecule has 0 saturated heterocycles. The third-order valence-corrected chi connectivity index (χ3v) is 2.61. The van der Waals surface area contributed by atoms with Crippen molar-refractivity contribution in [3.63, 3.8) is 0 Å². The van der Waals surface area contributed by atoms with E-state index in [1.165, 1.54) is 12.1 Å². The van der Waals surface area contributed by atoms with Gasteiger partial charge in [0.05, 0.1) is 11.1 Å². The van der Waals surface area contributed by atoms with E-state index in [-0.39, 0.29) is 22.7 Å². The van der Waals surface area contributed by atoms with Gasteiger partial charge in [-0.1, -0.05) is 11.6 Å². The van der Waals surface area contributed by atoms with E-state index < -0.39 is 4.92 Å². The van der Waals surface area contributed by atoms with Gasteiger partial charge in [-0.3, -0.25) is 10.1 Å². The van der Waals surface area contributed by atoms with Crippen LogP contribution in [0.1, 0.15) is 24.6 Å². The fourth-order valence-electron chi connectivity index (χ4n) is 1.52. The minimum Gasteiger partial charge on any atom is -0.444 e. The van der Waals surface area contributed by atoms with Crippen molar-refractivity contribution in [1.29, 1.82) is 0 Å². The normalized spacial score (nSPS) is 12.2. The summed E-state index contributed by atoms with van der Waals surface area (Å²) < 4.78 is 5.34. The van der Waals surface area contributed by atoms with Crippen molar-refractivity contribution in [3.8, 4) is 0 Å². The Morgan fingerprint density at radius 1 is 1.53 bits per heavy atom. The van der Waals surface area contributed by atoms with Gasteiger partial charge in [-0.05, 0) is 19.9 Å². The number of aryl methyl sites for hydroxylation is 1. The number of hydrogen-bond acceptors (Lipinski definition) is 6. The van der Waals surface area contributed by atoms with Crippen LogP contribution in [0.15, 0.2) is 22.7 Å². The second-order valence-corrected chi connectivity index (χ2v) is 4.32. The fraction of sp³-hybridized carbons (Fsp3) is 0.273. The number of pyridine rings is 1. The molecule has 1 unspecified atom stereocenters. The first kappa shape index (κ1) is 13.3. The van der Waals surface area contributed by atoms with Crippen LogP contribution >= 0.6 is 11.6 Å².